The number of hydrogen-bond donors (Lipinski definition) is 3. The van der Waals surface area contributed by atoms with E-state index in [1.54, 1.807) is 11.8 Å². The van der Waals surface area contributed by atoms with Gasteiger partial charge in [0.2, 0.25) is 11.7 Å². The maximum Gasteiger partial charge on any atom is 0.291 e. The number of nitrogens with one attached hydrogen (secondary N) is 2. The summed E-state index contributed by atoms with van der Waals surface area (Å²) in [4.78, 5) is 26.7. The van der Waals surface area contributed by atoms with E-state index >= 15 is 0 Å². The van der Waals surface area contributed by atoms with E-state index in [0.717, 1.165) is 17.6 Å². The Morgan fingerprint density at radius 3 is 2.38 bits per heavy atom. The van der Waals surface area contributed by atoms with E-state index < -0.39 is 5.41 Å². The molecule has 0 radical (unpaired) electrons. The third-order valence-corrected chi connectivity index (χ3v) is 10.2. The number of carbonyl (C=O) groups is 2. The van der Waals surface area contributed by atoms with Crippen LogP contribution in [-0.4, -0.2) is 48.5 Å². The van der Waals surface area contributed by atoms with Crippen molar-refractivity contribution in [2.45, 2.75) is 82.6 Å². The van der Waals surface area contributed by atoms with Gasteiger partial charge in [0, 0.05) is 24.9 Å². The first-order chi connectivity index (χ1) is 17.3. The predicted octanol–water partition coefficient (Wildman–Crippen LogP) is 4.41. The van der Waals surface area contributed by atoms with E-state index in [2.05, 4.69) is 15.8 Å². The molecule has 6 rings (SSSR count). The number of thioether (sulfide) groups is 1. The first kappa shape index (κ1) is 28.6. The fourth-order valence-corrected chi connectivity index (χ4v) is 8.34. The van der Waals surface area contributed by atoms with Crippen molar-refractivity contribution in [3.63, 3.8) is 0 Å². The van der Waals surface area contributed by atoms with Gasteiger partial charge >= 0.3 is 0 Å². The zero-order valence-electron chi connectivity index (χ0n) is 22.1. The molecule has 8 nitrogen and oxygen atoms in total. The van der Waals surface area contributed by atoms with E-state index in [1.807, 2.05) is 13.8 Å². The minimum atomic E-state index is -0.773. The molecular weight excluding hydrogens is 512 g/mol. The number of rotatable bonds is 11. The number of ether oxygens (including phenoxy) is 1. The van der Waals surface area contributed by atoms with Crippen molar-refractivity contribution < 1.29 is 18.8 Å². The summed E-state index contributed by atoms with van der Waals surface area (Å²) in [6.45, 7) is 4.58. The lowest BCUT2D eigenvalue weighted by Crippen LogP contribution is -2.55. The van der Waals surface area contributed by atoms with Crippen molar-refractivity contribution in [3.8, 4) is 5.88 Å². The Hall–Kier alpha value is -1.45. The highest BCUT2D eigenvalue weighted by molar-refractivity contribution is 7.99. The molecule has 1 heterocycles. The van der Waals surface area contributed by atoms with Crippen LogP contribution >= 0.6 is 24.2 Å². The molecule has 4 N–H and O–H groups in total. The van der Waals surface area contributed by atoms with Gasteiger partial charge in [-0.25, -0.2) is 0 Å². The molecule has 5 aliphatic carbocycles. The molecule has 4 bridgehead atoms. The summed E-state index contributed by atoms with van der Waals surface area (Å²) >= 11 is 1.61. The normalized spacial score (nSPS) is 28.7. The number of amides is 2. The number of halogens is 1. The fourth-order valence-electron chi connectivity index (χ4n) is 7.13. The second-order valence-electron chi connectivity index (χ2n) is 12.3. The molecule has 2 amide bonds. The molecule has 0 spiro atoms. The standard InChI is InChI=1S/C27H42N4O4S.ClH/c1-27(2,26(33)29-8-7-28)15-34-25-23(36-14-16-5-3-4-6-16)22(35-31-25)24(32)30-21-19-10-17-9-18(12-19)13-20(21)11-17;/h16-21H,3-15,28H2,1-2H3,(H,29,33)(H,30,32);1H. The average Bonchev–Trinajstić information content (AvgIpc) is 3.51. The molecule has 1 aromatic rings. The lowest BCUT2D eigenvalue weighted by molar-refractivity contribution is -0.130. The monoisotopic (exact) mass is 554 g/mol. The van der Waals surface area contributed by atoms with E-state index in [1.165, 1.54) is 57.8 Å². The molecule has 10 heteroatoms. The molecule has 208 valence electrons. The van der Waals surface area contributed by atoms with Crippen LogP contribution in [0.1, 0.15) is 82.2 Å². The highest BCUT2D eigenvalue weighted by atomic mass is 35.5. The Morgan fingerprint density at radius 2 is 1.76 bits per heavy atom. The molecule has 5 saturated carbocycles. The molecule has 1 aromatic heterocycles. The zero-order valence-corrected chi connectivity index (χ0v) is 23.8. The summed E-state index contributed by atoms with van der Waals surface area (Å²) in [6, 6.07) is 0.234. The highest BCUT2D eigenvalue weighted by Crippen LogP contribution is 2.53. The number of nitrogens with zero attached hydrogens (tertiary/aromatic N) is 1. The quantitative estimate of drug-likeness (QED) is 0.346. The van der Waals surface area contributed by atoms with Crippen LogP contribution in [-0.2, 0) is 4.79 Å². The molecule has 0 aromatic carbocycles. The van der Waals surface area contributed by atoms with Crippen LogP contribution in [0.4, 0.5) is 0 Å². The van der Waals surface area contributed by atoms with Gasteiger partial charge in [-0.15, -0.1) is 24.2 Å². The third kappa shape index (κ3) is 6.41. The smallest absolute Gasteiger partial charge is 0.291 e. The first-order valence-corrected chi connectivity index (χ1v) is 14.9. The Bertz CT molecular complexity index is 921. The number of carbonyl (C=O) groups excluding carboxylic acids is 2. The van der Waals surface area contributed by atoms with Crippen LogP contribution in [0, 0.1) is 35.0 Å². The van der Waals surface area contributed by atoms with Crippen LogP contribution in [0.2, 0.25) is 0 Å². The largest absolute Gasteiger partial charge is 0.474 e. The lowest BCUT2D eigenvalue weighted by Gasteiger charge is -2.54. The maximum absolute atomic E-state index is 13.5. The molecule has 0 unspecified atom stereocenters. The molecular formula is C27H43ClN4O4S. The van der Waals surface area contributed by atoms with Gasteiger partial charge in [0.25, 0.3) is 11.8 Å². The lowest BCUT2D eigenvalue weighted by atomic mass is 9.54. The fraction of sp³-hybridized carbons (Fsp3) is 0.815. The molecule has 5 aliphatic rings. The Labute approximate surface area is 230 Å². The molecule has 0 atom stereocenters. The molecule has 5 fully saturated rings. The topological polar surface area (TPSA) is 119 Å². The highest BCUT2D eigenvalue weighted by Gasteiger charge is 2.49. The summed E-state index contributed by atoms with van der Waals surface area (Å²) in [5.74, 6) is 4.70. The second-order valence-corrected chi connectivity index (χ2v) is 13.3. The van der Waals surface area contributed by atoms with Gasteiger partial charge in [-0.3, -0.25) is 9.59 Å². The predicted molar refractivity (Wildman–Crippen MR) is 146 cm³/mol. The van der Waals surface area contributed by atoms with Crippen LogP contribution in [0.5, 0.6) is 5.88 Å². The Kier molecular flexibility index (Phi) is 9.39. The number of aromatic nitrogens is 1. The minimum absolute atomic E-state index is 0. The average molecular weight is 555 g/mol. The molecule has 0 saturated heterocycles. The minimum Gasteiger partial charge on any atom is -0.474 e. The van der Waals surface area contributed by atoms with Crippen LogP contribution in [0.3, 0.4) is 0 Å². The summed E-state index contributed by atoms with van der Waals surface area (Å²) in [5.41, 5.74) is 4.74. The van der Waals surface area contributed by atoms with Gasteiger partial charge in [-0.05, 0) is 93.5 Å². The van der Waals surface area contributed by atoms with Crippen LogP contribution in [0.15, 0.2) is 9.42 Å². The van der Waals surface area contributed by atoms with Gasteiger partial charge in [-0.1, -0.05) is 12.8 Å². The van der Waals surface area contributed by atoms with Crippen LogP contribution < -0.4 is 21.1 Å². The van der Waals surface area contributed by atoms with Crippen molar-refractivity contribution in [1.29, 1.82) is 0 Å². The van der Waals surface area contributed by atoms with Crippen molar-refractivity contribution in [2.24, 2.45) is 40.7 Å². The first-order valence-electron chi connectivity index (χ1n) is 13.9. The zero-order chi connectivity index (χ0) is 25.3. The Morgan fingerprint density at radius 1 is 1.11 bits per heavy atom. The van der Waals surface area contributed by atoms with Gasteiger partial charge < -0.3 is 25.6 Å². The second kappa shape index (κ2) is 12.2. The van der Waals surface area contributed by atoms with Crippen molar-refractivity contribution in [2.75, 3.05) is 25.4 Å². The van der Waals surface area contributed by atoms with Gasteiger partial charge in [-0.2, -0.15) is 0 Å². The third-order valence-electron chi connectivity index (χ3n) is 8.90. The molecule has 37 heavy (non-hydrogen) atoms. The van der Waals surface area contributed by atoms with Crippen molar-refractivity contribution in [1.82, 2.24) is 15.8 Å². The van der Waals surface area contributed by atoms with E-state index in [0.29, 0.717) is 41.6 Å². The van der Waals surface area contributed by atoms with Gasteiger partial charge in [0.05, 0.1) is 5.41 Å². The Balaban J connectivity index is 0.00000320. The van der Waals surface area contributed by atoms with Gasteiger partial charge in [0.1, 0.15) is 11.5 Å². The van der Waals surface area contributed by atoms with E-state index in [-0.39, 0.29) is 42.6 Å². The molecule has 0 aliphatic heterocycles. The summed E-state index contributed by atoms with van der Waals surface area (Å²) in [5, 5.41) is 10.3. The summed E-state index contributed by atoms with van der Waals surface area (Å²) in [6.07, 6.45) is 11.3. The number of nitrogens with two attached hydrogens (primary N) is 1. The number of hydrogen-bond acceptors (Lipinski definition) is 7. The van der Waals surface area contributed by atoms with Crippen molar-refractivity contribution in [3.05, 3.63) is 5.76 Å². The summed E-state index contributed by atoms with van der Waals surface area (Å²) in [7, 11) is 0. The van der Waals surface area contributed by atoms with Crippen molar-refractivity contribution >= 4 is 36.0 Å². The van der Waals surface area contributed by atoms with Gasteiger partial charge in [0.15, 0.2) is 0 Å². The summed E-state index contributed by atoms with van der Waals surface area (Å²) < 4.78 is 11.7. The SMILES string of the molecule is CC(C)(COc1noc(C(=O)NC2C3CC4CC(C3)CC2C4)c1SCC1CCCC1)C(=O)NCCN.Cl. The van der Waals surface area contributed by atoms with E-state index in [9.17, 15) is 9.59 Å². The van der Waals surface area contributed by atoms with E-state index in [4.69, 9.17) is 15.0 Å². The van der Waals surface area contributed by atoms with Crippen LogP contribution in [0.25, 0.3) is 0 Å². The maximum atomic E-state index is 13.5.